The molecule has 3 rings (SSSR count). The van der Waals surface area contributed by atoms with Crippen LogP contribution in [0.25, 0.3) is 0 Å². The van der Waals surface area contributed by atoms with Crippen LogP contribution in [-0.2, 0) is 10.2 Å². The van der Waals surface area contributed by atoms with Crippen LogP contribution in [-0.4, -0.2) is 31.3 Å². The van der Waals surface area contributed by atoms with Crippen LogP contribution in [0.5, 0.6) is 0 Å². The van der Waals surface area contributed by atoms with E-state index in [1.54, 1.807) is 0 Å². The zero-order valence-corrected chi connectivity index (χ0v) is 8.96. The van der Waals surface area contributed by atoms with Gasteiger partial charge in [-0.05, 0) is 44.0 Å². The maximum atomic E-state index is 5.47. The molecule has 3 heteroatoms. The Morgan fingerprint density at radius 2 is 2.07 bits per heavy atom. The number of hydrogen-bond acceptors (Lipinski definition) is 2. The minimum atomic E-state index is 0.297. The normalized spacial score (nSPS) is 26.1. The van der Waals surface area contributed by atoms with Crippen LogP contribution in [0.4, 0.5) is 0 Å². The number of ether oxygens (including phenoxy) is 1. The summed E-state index contributed by atoms with van der Waals surface area (Å²) in [6.45, 7) is 4.12. The SMILES string of the molecule is c1c[nH]c(C2(C3CCNCC3)COC2)c1. The summed E-state index contributed by atoms with van der Waals surface area (Å²) in [5.41, 5.74) is 1.67. The second-order valence-corrected chi connectivity index (χ2v) is 4.76. The quantitative estimate of drug-likeness (QED) is 0.765. The van der Waals surface area contributed by atoms with Crippen LogP contribution in [0.15, 0.2) is 18.3 Å². The van der Waals surface area contributed by atoms with Crippen molar-refractivity contribution in [2.45, 2.75) is 18.3 Å². The van der Waals surface area contributed by atoms with Crippen molar-refractivity contribution in [3.05, 3.63) is 24.0 Å². The third kappa shape index (κ3) is 1.42. The molecule has 0 aliphatic carbocycles. The van der Waals surface area contributed by atoms with Crippen LogP contribution in [0, 0.1) is 5.92 Å². The van der Waals surface area contributed by atoms with Crippen molar-refractivity contribution in [3.8, 4) is 0 Å². The lowest BCUT2D eigenvalue weighted by atomic mass is 9.67. The summed E-state index contributed by atoms with van der Waals surface area (Å²) < 4.78 is 5.47. The minimum Gasteiger partial charge on any atom is -0.379 e. The first-order valence-electron chi connectivity index (χ1n) is 5.84. The lowest BCUT2D eigenvalue weighted by Gasteiger charge is -2.48. The summed E-state index contributed by atoms with van der Waals surface area (Å²) in [4.78, 5) is 3.38. The fourth-order valence-electron chi connectivity index (χ4n) is 2.95. The molecule has 82 valence electrons. The summed E-state index contributed by atoms with van der Waals surface area (Å²) in [5.74, 6) is 0.783. The molecule has 2 saturated heterocycles. The maximum Gasteiger partial charge on any atom is 0.0602 e. The number of piperidine rings is 1. The Kier molecular flexibility index (Phi) is 2.29. The van der Waals surface area contributed by atoms with Gasteiger partial charge in [0.15, 0.2) is 0 Å². The Hall–Kier alpha value is -0.800. The second-order valence-electron chi connectivity index (χ2n) is 4.76. The van der Waals surface area contributed by atoms with E-state index in [2.05, 4.69) is 22.4 Å². The molecule has 2 N–H and O–H groups in total. The Morgan fingerprint density at radius 3 is 2.60 bits per heavy atom. The molecular weight excluding hydrogens is 188 g/mol. The van der Waals surface area contributed by atoms with Gasteiger partial charge in [-0.25, -0.2) is 0 Å². The third-order valence-corrected chi connectivity index (χ3v) is 3.97. The van der Waals surface area contributed by atoms with E-state index >= 15 is 0 Å². The lowest BCUT2D eigenvalue weighted by Crippen LogP contribution is -2.55. The molecule has 0 aromatic carbocycles. The summed E-state index contributed by atoms with van der Waals surface area (Å²) in [6, 6.07) is 4.31. The van der Waals surface area contributed by atoms with Crippen LogP contribution in [0.2, 0.25) is 0 Å². The molecule has 0 unspecified atom stereocenters. The van der Waals surface area contributed by atoms with Gasteiger partial charge in [0.2, 0.25) is 0 Å². The topological polar surface area (TPSA) is 37.0 Å². The van der Waals surface area contributed by atoms with Crippen molar-refractivity contribution in [3.63, 3.8) is 0 Å². The number of rotatable bonds is 2. The number of nitrogens with one attached hydrogen (secondary N) is 2. The molecule has 1 aromatic heterocycles. The zero-order valence-electron chi connectivity index (χ0n) is 8.96. The van der Waals surface area contributed by atoms with Gasteiger partial charge in [0.1, 0.15) is 0 Å². The highest BCUT2D eigenvalue weighted by atomic mass is 16.5. The van der Waals surface area contributed by atoms with Gasteiger partial charge in [0.25, 0.3) is 0 Å². The van der Waals surface area contributed by atoms with Crippen molar-refractivity contribution in [2.24, 2.45) is 5.92 Å². The van der Waals surface area contributed by atoms with Crippen molar-refractivity contribution in [1.82, 2.24) is 10.3 Å². The highest BCUT2D eigenvalue weighted by molar-refractivity contribution is 5.23. The van der Waals surface area contributed by atoms with E-state index in [0.717, 1.165) is 32.2 Å². The molecule has 2 aliphatic heterocycles. The Bertz CT molecular complexity index is 310. The predicted octanol–water partition coefficient (Wildman–Crippen LogP) is 1.28. The molecule has 0 atom stereocenters. The summed E-state index contributed by atoms with van der Waals surface area (Å²) in [5, 5.41) is 3.43. The van der Waals surface area contributed by atoms with Gasteiger partial charge in [-0.1, -0.05) is 0 Å². The fourth-order valence-corrected chi connectivity index (χ4v) is 2.95. The largest absolute Gasteiger partial charge is 0.379 e. The summed E-state index contributed by atoms with van der Waals surface area (Å²) >= 11 is 0. The average Bonchev–Trinajstić information content (AvgIpc) is 2.72. The first-order chi connectivity index (χ1) is 7.42. The molecular formula is C12H18N2O. The predicted molar refractivity (Wildman–Crippen MR) is 58.9 cm³/mol. The van der Waals surface area contributed by atoms with Crippen LogP contribution in [0.3, 0.4) is 0 Å². The molecule has 3 nitrogen and oxygen atoms in total. The van der Waals surface area contributed by atoms with E-state index in [1.165, 1.54) is 18.5 Å². The molecule has 0 radical (unpaired) electrons. The van der Waals surface area contributed by atoms with Crippen LogP contribution < -0.4 is 5.32 Å². The van der Waals surface area contributed by atoms with E-state index < -0.39 is 0 Å². The number of aromatic amines is 1. The lowest BCUT2D eigenvalue weighted by molar-refractivity contribution is -0.0982. The van der Waals surface area contributed by atoms with Gasteiger partial charge in [-0.15, -0.1) is 0 Å². The van der Waals surface area contributed by atoms with Gasteiger partial charge in [-0.2, -0.15) is 0 Å². The highest BCUT2D eigenvalue weighted by Gasteiger charge is 2.47. The van der Waals surface area contributed by atoms with Crippen molar-refractivity contribution < 1.29 is 4.74 Å². The zero-order chi connectivity index (χ0) is 10.1. The van der Waals surface area contributed by atoms with Gasteiger partial charge < -0.3 is 15.0 Å². The van der Waals surface area contributed by atoms with Gasteiger partial charge >= 0.3 is 0 Å². The smallest absolute Gasteiger partial charge is 0.0602 e. The Labute approximate surface area is 90.2 Å². The van der Waals surface area contributed by atoms with Crippen molar-refractivity contribution >= 4 is 0 Å². The average molecular weight is 206 g/mol. The first kappa shape index (κ1) is 9.43. The monoisotopic (exact) mass is 206 g/mol. The standard InChI is InChI=1S/C12H18N2O/c1-2-11(14-5-1)12(8-15-9-12)10-3-6-13-7-4-10/h1-2,5,10,13-14H,3-4,6-9H2. The van der Waals surface area contributed by atoms with Crippen LogP contribution >= 0.6 is 0 Å². The number of H-pyrrole nitrogens is 1. The molecule has 0 bridgehead atoms. The molecule has 1 aromatic rings. The molecule has 0 amide bonds. The van der Waals surface area contributed by atoms with E-state index in [0.29, 0.717) is 5.41 Å². The molecule has 0 saturated carbocycles. The van der Waals surface area contributed by atoms with Gasteiger partial charge in [0.05, 0.1) is 18.6 Å². The molecule has 2 fully saturated rings. The van der Waals surface area contributed by atoms with E-state index in [1.807, 2.05) is 6.20 Å². The number of aromatic nitrogens is 1. The van der Waals surface area contributed by atoms with Gasteiger partial charge in [-0.3, -0.25) is 0 Å². The first-order valence-corrected chi connectivity index (χ1v) is 5.84. The van der Waals surface area contributed by atoms with Crippen LogP contribution in [0.1, 0.15) is 18.5 Å². The maximum absolute atomic E-state index is 5.47. The second kappa shape index (κ2) is 3.65. The van der Waals surface area contributed by atoms with Crippen molar-refractivity contribution in [2.75, 3.05) is 26.3 Å². The van der Waals surface area contributed by atoms with Crippen molar-refractivity contribution in [1.29, 1.82) is 0 Å². The number of hydrogen-bond donors (Lipinski definition) is 2. The molecule has 0 spiro atoms. The van der Waals surface area contributed by atoms with E-state index in [-0.39, 0.29) is 0 Å². The summed E-state index contributed by atoms with van der Waals surface area (Å²) in [7, 11) is 0. The highest BCUT2D eigenvalue weighted by Crippen LogP contribution is 2.42. The Balaban J connectivity index is 1.85. The Morgan fingerprint density at radius 1 is 1.27 bits per heavy atom. The fraction of sp³-hybridized carbons (Fsp3) is 0.667. The molecule has 3 heterocycles. The third-order valence-electron chi connectivity index (χ3n) is 3.97. The summed E-state index contributed by atoms with van der Waals surface area (Å²) in [6.07, 6.45) is 4.58. The van der Waals surface area contributed by atoms with E-state index in [9.17, 15) is 0 Å². The molecule has 15 heavy (non-hydrogen) atoms. The minimum absolute atomic E-state index is 0.297. The molecule has 2 aliphatic rings. The van der Waals surface area contributed by atoms with E-state index in [4.69, 9.17) is 4.74 Å². The van der Waals surface area contributed by atoms with Gasteiger partial charge in [0, 0.05) is 11.9 Å².